The van der Waals surface area contributed by atoms with Crippen LogP contribution in [0.25, 0.3) is 0 Å². The number of nitrogens with zero attached hydrogens (tertiary/aromatic N) is 3. The molecule has 1 aliphatic heterocycles. The first kappa shape index (κ1) is 15.2. The maximum Gasteiger partial charge on any atom is 0.262 e. The number of aromatic nitrogens is 2. The third-order valence-electron chi connectivity index (χ3n) is 4.14. The molecule has 0 unspecified atom stereocenters. The lowest BCUT2D eigenvalue weighted by atomic mass is 9.98. The number of hydrogen-bond acceptors (Lipinski definition) is 3. The maximum absolute atomic E-state index is 12.9. The number of aryl methyl sites for hydroxylation is 1. The minimum absolute atomic E-state index is 0.0168. The Morgan fingerprint density at radius 3 is 2.68 bits per heavy atom. The van der Waals surface area contributed by atoms with Gasteiger partial charge in [-0.15, -0.1) is 0 Å². The van der Waals surface area contributed by atoms with E-state index in [0.717, 1.165) is 25.7 Å². The molecule has 1 aromatic heterocycles. The molecular weight excluding hydrogens is 298 g/mol. The molecule has 1 atom stereocenters. The van der Waals surface area contributed by atoms with Crippen molar-refractivity contribution in [3.8, 4) is 0 Å². The smallest absolute Gasteiger partial charge is 0.262 e. The fraction of sp³-hybridized carbons (Fsp3) is 0.438. The summed E-state index contributed by atoms with van der Waals surface area (Å²) in [5, 5.41) is 0.148. The van der Waals surface area contributed by atoms with E-state index in [-0.39, 0.29) is 11.1 Å². The minimum Gasteiger partial charge on any atom is -0.339 e. The summed E-state index contributed by atoms with van der Waals surface area (Å²) in [6.45, 7) is 0.580. The first-order valence-electron chi connectivity index (χ1n) is 7.61. The van der Waals surface area contributed by atoms with Crippen LogP contribution in [-0.4, -0.2) is 34.9 Å². The van der Waals surface area contributed by atoms with E-state index in [0.29, 0.717) is 6.54 Å². The van der Waals surface area contributed by atoms with Crippen LogP contribution in [0.1, 0.15) is 24.8 Å². The van der Waals surface area contributed by atoms with Crippen LogP contribution in [0.2, 0.25) is 0 Å². The summed E-state index contributed by atoms with van der Waals surface area (Å²) in [6, 6.07) is 10.1. The molecule has 0 bridgehead atoms. The van der Waals surface area contributed by atoms with Gasteiger partial charge in [0, 0.05) is 25.8 Å². The molecule has 1 aliphatic rings. The van der Waals surface area contributed by atoms with Crippen LogP contribution >= 0.6 is 0 Å². The molecule has 1 saturated heterocycles. The monoisotopic (exact) mass is 319 g/mol. The molecule has 0 amide bonds. The maximum atomic E-state index is 12.9. The van der Waals surface area contributed by atoms with Crippen molar-refractivity contribution in [2.24, 2.45) is 7.05 Å². The molecule has 2 heterocycles. The number of sulfonamides is 1. The Balaban J connectivity index is 1.86. The topological polar surface area (TPSA) is 55.2 Å². The second-order valence-corrected chi connectivity index (χ2v) is 7.67. The SMILES string of the molecule is Cn1cnc(S(=O)(=O)N2CCCC[C@H]2Cc2ccccc2)c1. The van der Waals surface area contributed by atoms with Crippen molar-refractivity contribution in [2.75, 3.05) is 6.54 Å². The Hall–Kier alpha value is -1.66. The third kappa shape index (κ3) is 3.08. The van der Waals surface area contributed by atoms with Crippen molar-refractivity contribution in [1.29, 1.82) is 0 Å². The Kier molecular flexibility index (Phi) is 4.31. The van der Waals surface area contributed by atoms with Crippen LogP contribution in [-0.2, 0) is 23.5 Å². The molecule has 0 saturated carbocycles. The van der Waals surface area contributed by atoms with Gasteiger partial charge in [0.2, 0.25) is 0 Å². The Bertz CT molecular complexity index is 725. The highest BCUT2D eigenvalue weighted by Gasteiger charge is 2.34. The average Bonchev–Trinajstić information content (AvgIpc) is 2.96. The number of hydrogen-bond donors (Lipinski definition) is 0. The molecule has 6 heteroatoms. The average molecular weight is 319 g/mol. The molecule has 1 fully saturated rings. The lowest BCUT2D eigenvalue weighted by Gasteiger charge is -2.34. The van der Waals surface area contributed by atoms with Gasteiger partial charge in [-0.3, -0.25) is 0 Å². The number of piperidine rings is 1. The predicted molar refractivity (Wildman–Crippen MR) is 84.9 cm³/mol. The lowest BCUT2D eigenvalue weighted by Crippen LogP contribution is -2.44. The molecule has 3 rings (SSSR count). The van der Waals surface area contributed by atoms with E-state index in [4.69, 9.17) is 0 Å². The van der Waals surface area contributed by atoms with Gasteiger partial charge in [0.1, 0.15) is 0 Å². The standard InChI is InChI=1S/C16H21N3O2S/c1-18-12-16(17-13-18)22(20,21)19-10-6-5-9-15(19)11-14-7-3-2-4-8-14/h2-4,7-8,12-13,15H,5-6,9-11H2,1H3/t15-/m0/s1. The third-order valence-corrected chi connectivity index (χ3v) is 5.98. The first-order chi connectivity index (χ1) is 10.6. The van der Waals surface area contributed by atoms with Crippen LogP contribution < -0.4 is 0 Å². The van der Waals surface area contributed by atoms with E-state index in [1.54, 1.807) is 22.1 Å². The van der Waals surface area contributed by atoms with Crippen LogP contribution in [0.15, 0.2) is 47.9 Å². The van der Waals surface area contributed by atoms with E-state index >= 15 is 0 Å². The molecule has 0 aliphatic carbocycles. The van der Waals surface area contributed by atoms with Crippen LogP contribution in [0.5, 0.6) is 0 Å². The fourth-order valence-electron chi connectivity index (χ4n) is 3.02. The molecule has 0 N–H and O–H groups in total. The van der Waals surface area contributed by atoms with E-state index in [1.807, 2.05) is 18.2 Å². The molecule has 5 nitrogen and oxygen atoms in total. The zero-order chi connectivity index (χ0) is 15.6. The van der Waals surface area contributed by atoms with Crippen molar-refractivity contribution in [2.45, 2.75) is 36.8 Å². The zero-order valence-electron chi connectivity index (χ0n) is 12.7. The van der Waals surface area contributed by atoms with Crippen LogP contribution in [0.3, 0.4) is 0 Å². The quantitative estimate of drug-likeness (QED) is 0.868. The lowest BCUT2D eigenvalue weighted by molar-refractivity contribution is 0.250. The fourth-order valence-corrected chi connectivity index (χ4v) is 4.68. The first-order valence-corrected chi connectivity index (χ1v) is 9.05. The summed E-state index contributed by atoms with van der Waals surface area (Å²) in [7, 11) is -1.73. The van der Waals surface area contributed by atoms with Gasteiger partial charge in [-0.05, 0) is 24.8 Å². The van der Waals surface area contributed by atoms with Gasteiger partial charge in [-0.25, -0.2) is 13.4 Å². The normalized spacial score (nSPS) is 20.1. The number of imidazole rings is 1. The summed E-state index contributed by atoms with van der Waals surface area (Å²) in [5.74, 6) is 0. The second kappa shape index (κ2) is 6.22. The van der Waals surface area contributed by atoms with Gasteiger partial charge in [-0.1, -0.05) is 36.8 Å². The van der Waals surface area contributed by atoms with Gasteiger partial charge in [0.15, 0.2) is 5.03 Å². The summed E-state index contributed by atoms with van der Waals surface area (Å²) in [5.41, 5.74) is 1.18. The predicted octanol–water partition coefficient (Wildman–Crippen LogP) is 2.21. The summed E-state index contributed by atoms with van der Waals surface area (Å²) in [4.78, 5) is 4.04. The largest absolute Gasteiger partial charge is 0.339 e. The van der Waals surface area contributed by atoms with Crippen LogP contribution in [0, 0.1) is 0 Å². The molecule has 118 valence electrons. The van der Waals surface area contributed by atoms with Gasteiger partial charge in [0.25, 0.3) is 10.0 Å². The van der Waals surface area contributed by atoms with E-state index in [1.165, 1.54) is 11.9 Å². The molecule has 2 aromatic rings. The van der Waals surface area contributed by atoms with Crippen LogP contribution in [0.4, 0.5) is 0 Å². The summed E-state index contributed by atoms with van der Waals surface area (Å²) >= 11 is 0. The van der Waals surface area contributed by atoms with E-state index in [9.17, 15) is 8.42 Å². The second-order valence-electron chi connectivity index (χ2n) is 5.83. The highest BCUT2D eigenvalue weighted by atomic mass is 32.2. The van der Waals surface area contributed by atoms with Gasteiger partial charge < -0.3 is 4.57 Å². The van der Waals surface area contributed by atoms with Gasteiger partial charge in [-0.2, -0.15) is 4.31 Å². The number of rotatable bonds is 4. The molecule has 1 aromatic carbocycles. The highest BCUT2D eigenvalue weighted by Crippen LogP contribution is 2.26. The molecular formula is C16H21N3O2S. The van der Waals surface area contributed by atoms with Gasteiger partial charge in [0.05, 0.1) is 6.33 Å². The molecule has 0 radical (unpaired) electrons. The molecule has 0 spiro atoms. The Morgan fingerprint density at radius 1 is 1.23 bits per heavy atom. The molecule has 22 heavy (non-hydrogen) atoms. The Labute approximate surface area is 131 Å². The Morgan fingerprint density at radius 2 is 2.00 bits per heavy atom. The van der Waals surface area contributed by atoms with E-state index < -0.39 is 10.0 Å². The number of benzene rings is 1. The summed E-state index contributed by atoms with van der Waals surface area (Å²) < 4.78 is 29.0. The van der Waals surface area contributed by atoms with Crippen molar-refractivity contribution in [3.63, 3.8) is 0 Å². The van der Waals surface area contributed by atoms with E-state index in [2.05, 4.69) is 17.1 Å². The highest BCUT2D eigenvalue weighted by molar-refractivity contribution is 7.89. The van der Waals surface area contributed by atoms with Crippen molar-refractivity contribution < 1.29 is 8.42 Å². The van der Waals surface area contributed by atoms with Crippen molar-refractivity contribution in [3.05, 3.63) is 48.4 Å². The zero-order valence-corrected chi connectivity index (χ0v) is 13.5. The minimum atomic E-state index is -3.51. The summed E-state index contributed by atoms with van der Waals surface area (Å²) in [6.07, 6.45) is 6.75. The van der Waals surface area contributed by atoms with Crippen molar-refractivity contribution >= 4 is 10.0 Å². The van der Waals surface area contributed by atoms with Crippen molar-refractivity contribution in [1.82, 2.24) is 13.9 Å². The van der Waals surface area contributed by atoms with Gasteiger partial charge >= 0.3 is 0 Å².